The lowest BCUT2D eigenvalue weighted by molar-refractivity contribution is 0.0515. The molecule has 0 aliphatic carbocycles. The summed E-state index contributed by atoms with van der Waals surface area (Å²) in [4.78, 5) is 24.6. The predicted molar refractivity (Wildman–Crippen MR) is 89.0 cm³/mol. The van der Waals surface area contributed by atoms with Crippen molar-refractivity contribution >= 4 is 17.2 Å². The average molecular weight is 315 g/mol. The highest BCUT2D eigenvalue weighted by Gasteiger charge is 2.31. The van der Waals surface area contributed by atoms with E-state index in [1.807, 2.05) is 30.0 Å². The maximum atomic E-state index is 13.0. The second-order valence-corrected chi connectivity index (χ2v) is 6.99. The lowest BCUT2D eigenvalue weighted by Gasteiger charge is -2.38. The van der Waals surface area contributed by atoms with E-state index in [1.165, 1.54) is 17.8 Å². The van der Waals surface area contributed by atoms with Crippen LogP contribution in [-0.4, -0.2) is 32.9 Å². The van der Waals surface area contributed by atoms with E-state index in [1.54, 1.807) is 6.20 Å². The minimum Gasteiger partial charge on any atom is -0.332 e. The van der Waals surface area contributed by atoms with Crippen molar-refractivity contribution in [2.45, 2.75) is 52.1 Å². The molecule has 0 bridgehead atoms. The van der Waals surface area contributed by atoms with Gasteiger partial charge in [0.1, 0.15) is 9.88 Å². The van der Waals surface area contributed by atoms with Crippen LogP contribution in [0.5, 0.6) is 0 Å². The first-order valence-electron chi connectivity index (χ1n) is 7.79. The summed E-state index contributed by atoms with van der Waals surface area (Å²) in [6, 6.07) is 6.35. The third-order valence-electron chi connectivity index (χ3n) is 4.30. The van der Waals surface area contributed by atoms with Gasteiger partial charge in [-0.1, -0.05) is 6.07 Å². The Bertz CT molecular complexity index is 658. The molecule has 0 aromatic carbocycles. The molecule has 3 rings (SSSR count). The molecule has 1 saturated heterocycles. The lowest BCUT2D eigenvalue weighted by Crippen LogP contribution is -2.47. The molecule has 1 amide bonds. The third-order valence-corrected chi connectivity index (χ3v) is 5.47. The Morgan fingerprint density at radius 3 is 2.64 bits per heavy atom. The van der Waals surface area contributed by atoms with Gasteiger partial charge >= 0.3 is 0 Å². The summed E-state index contributed by atoms with van der Waals surface area (Å²) in [5.41, 5.74) is 1.63. The fraction of sp³-hybridized carbons (Fsp3) is 0.471. The number of nitrogens with zero attached hydrogens (tertiary/aromatic N) is 3. The first kappa shape index (κ1) is 15.2. The topological polar surface area (TPSA) is 46.1 Å². The molecule has 2 unspecified atom stereocenters. The number of thiazole rings is 1. The smallest absolute Gasteiger partial charge is 0.266 e. The van der Waals surface area contributed by atoms with Crippen molar-refractivity contribution in [2.24, 2.45) is 0 Å². The molecular weight excluding hydrogens is 294 g/mol. The first-order chi connectivity index (χ1) is 10.6. The van der Waals surface area contributed by atoms with Crippen LogP contribution in [0.3, 0.4) is 0 Å². The van der Waals surface area contributed by atoms with Crippen molar-refractivity contribution in [1.82, 2.24) is 14.9 Å². The Morgan fingerprint density at radius 1 is 1.27 bits per heavy atom. The monoisotopic (exact) mass is 315 g/mol. The second kappa shape index (κ2) is 6.16. The zero-order valence-electron chi connectivity index (χ0n) is 13.2. The number of amides is 1. The van der Waals surface area contributed by atoms with Gasteiger partial charge in [0.05, 0.1) is 11.4 Å². The number of hydrogen-bond donors (Lipinski definition) is 0. The van der Waals surface area contributed by atoms with Gasteiger partial charge in [-0.2, -0.15) is 0 Å². The molecule has 1 aliphatic rings. The highest BCUT2D eigenvalue weighted by Crippen LogP contribution is 2.31. The van der Waals surface area contributed by atoms with Gasteiger partial charge in [-0.3, -0.25) is 9.78 Å². The van der Waals surface area contributed by atoms with Crippen molar-refractivity contribution in [2.75, 3.05) is 0 Å². The normalized spacial score (nSPS) is 21.9. The van der Waals surface area contributed by atoms with Crippen molar-refractivity contribution in [3.8, 4) is 10.7 Å². The van der Waals surface area contributed by atoms with E-state index in [9.17, 15) is 4.79 Å². The summed E-state index contributed by atoms with van der Waals surface area (Å²) in [6.45, 7) is 6.20. The minimum absolute atomic E-state index is 0.122. The Kier molecular flexibility index (Phi) is 4.25. The van der Waals surface area contributed by atoms with Crippen LogP contribution in [0.2, 0.25) is 0 Å². The highest BCUT2D eigenvalue weighted by molar-refractivity contribution is 7.17. The van der Waals surface area contributed by atoms with Crippen molar-refractivity contribution in [3.63, 3.8) is 0 Å². The van der Waals surface area contributed by atoms with Gasteiger partial charge < -0.3 is 4.90 Å². The van der Waals surface area contributed by atoms with Gasteiger partial charge in [0.2, 0.25) is 0 Å². The van der Waals surface area contributed by atoms with Crippen LogP contribution in [-0.2, 0) is 0 Å². The molecule has 2 aromatic rings. The van der Waals surface area contributed by atoms with E-state index in [2.05, 4.69) is 23.8 Å². The van der Waals surface area contributed by atoms with E-state index in [4.69, 9.17) is 0 Å². The molecule has 1 aliphatic heterocycles. The maximum absolute atomic E-state index is 13.0. The van der Waals surface area contributed by atoms with Crippen LogP contribution < -0.4 is 0 Å². The molecule has 5 heteroatoms. The quantitative estimate of drug-likeness (QED) is 0.844. The molecule has 0 spiro atoms. The van der Waals surface area contributed by atoms with Gasteiger partial charge in [0.25, 0.3) is 5.91 Å². The molecule has 0 radical (unpaired) electrons. The molecule has 22 heavy (non-hydrogen) atoms. The number of pyridine rings is 1. The number of hydrogen-bond acceptors (Lipinski definition) is 4. The first-order valence-corrected chi connectivity index (χ1v) is 8.61. The zero-order chi connectivity index (χ0) is 15.7. The van der Waals surface area contributed by atoms with E-state index >= 15 is 0 Å². The number of carbonyl (C=O) groups is 1. The molecule has 2 atom stereocenters. The number of piperidine rings is 1. The summed E-state index contributed by atoms with van der Waals surface area (Å²) in [5, 5.41) is 0.818. The number of carbonyl (C=O) groups excluding carboxylic acids is 1. The average Bonchev–Trinajstić information content (AvgIpc) is 2.90. The van der Waals surface area contributed by atoms with E-state index in [-0.39, 0.29) is 5.91 Å². The molecule has 1 fully saturated rings. The SMILES string of the molecule is Cc1nc(-c2ccccn2)sc1C(=O)N1C(C)CCCC1C. The Labute approximate surface area is 135 Å². The predicted octanol–water partition coefficient (Wildman–Crippen LogP) is 3.92. The molecule has 4 nitrogen and oxygen atoms in total. The van der Waals surface area contributed by atoms with Crippen molar-refractivity contribution < 1.29 is 4.79 Å². The van der Waals surface area contributed by atoms with Crippen LogP contribution in [0.15, 0.2) is 24.4 Å². The third kappa shape index (κ3) is 2.77. The molecule has 2 aromatic heterocycles. The maximum Gasteiger partial charge on any atom is 0.266 e. The molecule has 116 valence electrons. The number of aryl methyl sites for hydroxylation is 1. The van der Waals surface area contributed by atoms with Crippen LogP contribution in [0.25, 0.3) is 10.7 Å². The second-order valence-electron chi connectivity index (χ2n) is 5.99. The summed E-state index contributed by atoms with van der Waals surface area (Å²) in [6.07, 6.45) is 5.12. The minimum atomic E-state index is 0.122. The molecule has 3 heterocycles. The van der Waals surface area contributed by atoms with E-state index in [0.29, 0.717) is 12.1 Å². The summed E-state index contributed by atoms with van der Waals surface area (Å²) >= 11 is 1.45. The summed E-state index contributed by atoms with van der Waals surface area (Å²) < 4.78 is 0. The summed E-state index contributed by atoms with van der Waals surface area (Å²) in [5.74, 6) is 0.122. The van der Waals surface area contributed by atoms with Crippen LogP contribution in [0, 0.1) is 6.92 Å². The Morgan fingerprint density at radius 2 is 2.00 bits per heavy atom. The lowest BCUT2D eigenvalue weighted by atomic mass is 9.97. The van der Waals surface area contributed by atoms with Gasteiger partial charge in [-0.05, 0) is 52.2 Å². The number of aromatic nitrogens is 2. The van der Waals surface area contributed by atoms with Gasteiger partial charge in [0, 0.05) is 18.3 Å². The highest BCUT2D eigenvalue weighted by atomic mass is 32.1. The van der Waals surface area contributed by atoms with Crippen molar-refractivity contribution in [3.05, 3.63) is 35.0 Å². The van der Waals surface area contributed by atoms with Gasteiger partial charge in [-0.25, -0.2) is 4.98 Å². The zero-order valence-corrected chi connectivity index (χ0v) is 14.1. The largest absolute Gasteiger partial charge is 0.332 e. The molecule has 0 N–H and O–H groups in total. The summed E-state index contributed by atoms with van der Waals surface area (Å²) in [7, 11) is 0. The molecule has 0 saturated carbocycles. The van der Waals surface area contributed by atoms with Crippen molar-refractivity contribution in [1.29, 1.82) is 0 Å². The number of likely N-dealkylation sites (tertiary alicyclic amines) is 1. The van der Waals surface area contributed by atoms with Gasteiger partial charge in [-0.15, -0.1) is 11.3 Å². The van der Waals surface area contributed by atoms with Crippen LogP contribution in [0.1, 0.15) is 48.5 Å². The van der Waals surface area contributed by atoms with E-state index in [0.717, 1.165) is 34.1 Å². The Hall–Kier alpha value is -1.75. The van der Waals surface area contributed by atoms with Crippen LogP contribution >= 0.6 is 11.3 Å². The fourth-order valence-electron chi connectivity index (χ4n) is 3.13. The molecular formula is C17H21N3OS. The van der Waals surface area contributed by atoms with Crippen LogP contribution in [0.4, 0.5) is 0 Å². The Balaban J connectivity index is 1.92. The van der Waals surface area contributed by atoms with Gasteiger partial charge in [0.15, 0.2) is 0 Å². The fourth-order valence-corrected chi connectivity index (χ4v) is 4.12. The number of rotatable bonds is 2. The van der Waals surface area contributed by atoms with E-state index < -0.39 is 0 Å². The standard InChI is InChI=1S/C17H21N3OS/c1-11-7-6-8-12(2)20(11)17(21)15-13(3)19-16(22-15)14-9-4-5-10-18-14/h4-5,9-12H,6-8H2,1-3H3.